The van der Waals surface area contributed by atoms with Gasteiger partial charge in [-0.2, -0.15) is 0 Å². The van der Waals surface area contributed by atoms with Crippen LogP contribution in [0.15, 0.2) is 30.3 Å². The lowest BCUT2D eigenvalue weighted by molar-refractivity contribution is 0.0940. The highest BCUT2D eigenvalue weighted by atomic mass is 35.5. The Morgan fingerprint density at radius 2 is 2.10 bits per heavy atom. The second-order valence-corrected chi connectivity index (χ2v) is 6.15. The molecule has 0 saturated heterocycles. The van der Waals surface area contributed by atoms with E-state index in [-0.39, 0.29) is 18.7 Å². The Labute approximate surface area is 125 Å². The average molecular weight is 310 g/mol. The van der Waals surface area contributed by atoms with Crippen LogP contribution in [-0.4, -0.2) is 12.7 Å². The van der Waals surface area contributed by atoms with Crippen LogP contribution < -0.4 is 14.8 Å². The largest absolute Gasteiger partial charge is 0.454 e. The van der Waals surface area contributed by atoms with Crippen molar-refractivity contribution in [1.82, 2.24) is 5.32 Å². The summed E-state index contributed by atoms with van der Waals surface area (Å²) in [5, 5.41) is 2.93. The summed E-state index contributed by atoms with van der Waals surface area (Å²) in [4.78, 5) is 13.2. The number of benzene rings is 1. The van der Waals surface area contributed by atoms with Crippen LogP contribution in [0.25, 0.3) is 0 Å². The number of nitrogens with one attached hydrogen (secondary N) is 1. The first-order chi connectivity index (χ1) is 9.63. The molecule has 0 fully saturated rings. The topological polar surface area (TPSA) is 47.6 Å². The molecule has 104 valence electrons. The van der Waals surface area contributed by atoms with Crippen LogP contribution in [0.2, 0.25) is 4.34 Å². The summed E-state index contributed by atoms with van der Waals surface area (Å²) in [5.74, 6) is 1.12. The number of thiophene rings is 1. The van der Waals surface area contributed by atoms with E-state index in [0.29, 0.717) is 21.4 Å². The highest BCUT2D eigenvalue weighted by molar-refractivity contribution is 7.16. The molecule has 0 radical (unpaired) electrons. The van der Waals surface area contributed by atoms with Crippen LogP contribution in [0.4, 0.5) is 0 Å². The lowest BCUT2D eigenvalue weighted by Crippen LogP contribution is -2.26. The predicted molar refractivity (Wildman–Crippen MR) is 77.8 cm³/mol. The van der Waals surface area contributed by atoms with Crippen LogP contribution in [0, 0.1) is 0 Å². The first-order valence-corrected chi connectivity index (χ1v) is 7.28. The third-order valence-electron chi connectivity index (χ3n) is 3.00. The number of rotatable bonds is 3. The number of amides is 1. The monoisotopic (exact) mass is 309 g/mol. The Kier molecular flexibility index (Phi) is 3.54. The van der Waals surface area contributed by atoms with E-state index in [9.17, 15) is 4.79 Å². The molecule has 20 heavy (non-hydrogen) atoms. The molecule has 3 rings (SSSR count). The molecule has 0 spiro atoms. The van der Waals surface area contributed by atoms with E-state index in [1.54, 1.807) is 18.2 Å². The molecule has 1 aromatic heterocycles. The van der Waals surface area contributed by atoms with Crippen molar-refractivity contribution in [3.8, 4) is 11.5 Å². The van der Waals surface area contributed by atoms with Crippen molar-refractivity contribution in [2.45, 2.75) is 13.0 Å². The molecule has 1 unspecified atom stereocenters. The Balaban J connectivity index is 1.73. The van der Waals surface area contributed by atoms with Gasteiger partial charge in [0.25, 0.3) is 5.91 Å². The van der Waals surface area contributed by atoms with Crippen molar-refractivity contribution >= 4 is 28.8 Å². The summed E-state index contributed by atoms with van der Waals surface area (Å²) in [7, 11) is 0. The van der Waals surface area contributed by atoms with Gasteiger partial charge in [-0.05, 0) is 37.3 Å². The molecule has 0 saturated carbocycles. The van der Waals surface area contributed by atoms with Gasteiger partial charge >= 0.3 is 0 Å². The molecule has 0 aliphatic carbocycles. The maximum absolute atomic E-state index is 12.2. The zero-order valence-electron chi connectivity index (χ0n) is 10.7. The van der Waals surface area contributed by atoms with Crippen molar-refractivity contribution < 1.29 is 14.3 Å². The molecule has 2 heterocycles. The minimum Gasteiger partial charge on any atom is -0.454 e. The summed E-state index contributed by atoms with van der Waals surface area (Å²) < 4.78 is 11.2. The number of ether oxygens (including phenoxy) is 2. The van der Waals surface area contributed by atoms with Gasteiger partial charge in [0, 0.05) is 10.4 Å². The van der Waals surface area contributed by atoms with Crippen LogP contribution in [0.3, 0.4) is 0 Å². The quantitative estimate of drug-likeness (QED) is 0.942. The van der Waals surface area contributed by atoms with E-state index in [1.165, 1.54) is 11.3 Å². The SMILES string of the molecule is CC(NC(=O)c1ccc2c(c1)OCO2)c1ccc(Cl)s1. The maximum Gasteiger partial charge on any atom is 0.251 e. The lowest BCUT2D eigenvalue weighted by Gasteiger charge is -2.12. The molecule has 6 heteroatoms. The standard InChI is InChI=1S/C14H12ClNO3S/c1-8(12-4-5-13(15)20-12)16-14(17)9-2-3-10-11(6-9)19-7-18-10/h2-6,8H,7H2,1H3,(H,16,17). The van der Waals surface area contributed by atoms with Crippen LogP contribution in [-0.2, 0) is 0 Å². The van der Waals surface area contributed by atoms with Crippen molar-refractivity contribution in [2.75, 3.05) is 6.79 Å². The molecule has 1 N–H and O–H groups in total. The summed E-state index contributed by atoms with van der Waals surface area (Å²) in [6.07, 6.45) is 0. The molecule has 0 bridgehead atoms. The summed E-state index contributed by atoms with van der Waals surface area (Å²) in [6, 6.07) is 8.79. The highest BCUT2D eigenvalue weighted by Crippen LogP contribution is 2.33. The fourth-order valence-corrected chi connectivity index (χ4v) is 3.01. The fourth-order valence-electron chi connectivity index (χ4n) is 1.95. The zero-order chi connectivity index (χ0) is 14.1. The van der Waals surface area contributed by atoms with Crippen molar-refractivity contribution in [2.24, 2.45) is 0 Å². The molecule has 1 aliphatic heterocycles. The van der Waals surface area contributed by atoms with E-state index in [0.717, 1.165) is 4.88 Å². The molecule has 1 aromatic carbocycles. The first-order valence-electron chi connectivity index (χ1n) is 6.09. The molecular weight excluding hydrogens is 298 g/mol. The van der Waals surface area contributed by atoms with Gasteiger partial charge in [-0.15, -0.1) is 11.3 Å². The third kappa shape index (κ3) is 2.59. The number of hydrogen-bond donors (Lipinski definition) is 1. The molecule has 1 aliphatic rings. The van der Waals surface area contributed by atoms with Crippen LogP contribution >= 0.6 is 22.9 Å². The zero-order valence-corrected chi connectivity index (χ0v) is 12.3. The average Bonchev–Trinajstić information content (AvgIpc) is 3.05. The maximum atomic E-state index is 12.2. The number of halogens is 1. The predicted octanol–water partition coefficient (Wildman–Crippen LogP) is 3.62. The van der Waals surface area contributed by atoms with Crippen molar-refractivity contribution in [3.63, 3.8) is 0 Å². The second kappa shape index (κ2) is 5.34. The minimum atomic E-state index is -0.152. The minimum absolute atomic E-state index is 0.0922. The highest BCUT2D eigenvalue weighted by Gasteiger charge is 2.18. The molecular formula is C14H12ClNO3S. The van der Waals surface area contributed by atoms with Crippen LogP contribution in [0.1, 0.15) is 28.2 Å². The van der Waals surface area contributed by atoms with Gasteiger partial charge in [-0.1, -0.05) is 11.6 Å². The number of carbonyl (C=O) groups excluding carboxylic acids is 1. The lowest BCUT2D eigenvalue weighted by atomic mass is 10.1. The normalized spacial score (nSPS) is 14.1. The van der Waals surface area contributed by atoms with Gasteiger partial charge < -0.3 is 14.8 Å². The molecule has 2 aromatic rings. The van der Waals surface area contributed by atoms with E-state index in [2.05, 4.69) is 5.32 Å². The third-order valence-corrected chi connectivity index (χ3v) is 4.42. The summed E-state index contributed by atoms with van der Waals surface area (Å²) in [6.45, 7) is 2.12. The van der Waals surface area contributed by atoms with Gasteiger partial charge in [0.1, 0.15) is 0 Å². The van der Waals surface area contributed by atoms with Crippen molar-refractivity contribution in [3.05, 3.63) is 45.1 Å². The Bertz CT molecular complexity index is 656. The Morgan fingerprint density at radius 1 is 1.30 bits per heavy atom. The molecule has 1 atom stereocenters. The van der Waals surface area contributed by atoms with E-state index < -0.39 is 0 Å². The van der Waals surface area contributed by atoms with Gasteiger partial charge in [0.05, 0.1) is 10.4 Å². The Morgan fingerprint density at radius 3 is 2.85 bits per heavy atom. The molecule has 4 nitrogen and oxygen atoms in total. The van der Waals surface area contributed by atoms with Gasteiger partial charge in [-0.3, -0.25) is 4.79 Å². The summed E-state index contributed by atoms with van der Waals surface area (Å²) in [5.41, 5.74) is 0.545. The van der Waals surface area contributed by atoms with Crippen LogP contribution in [0.5, 0.6) is 11.5 Å². The molecule has 1 amide bonds. The smallest absolute Gasteiger partial charge is 0.251 e. The number of carbonyl (C=O) groups is 1. The van der Waals surface area contributed by atoms with E-state index >= 15 is 0 Å². The number of hydrogen-bond acceptors (Lipinski definition) is 4. The number of fused-ring (bicyclic) bond motifs is 1. The van der Waals surface area contributed by atoms with Gasteiger partial charge in [0.15, 0.2) is 11.5 Å². The van der Waals surface area contributed by atoms with Gasteiger partial charge in [0.2, 0.25) is 6.79 Å². The first kappa shape index (κ1) is 13.3. The van der Waals surface area contributed by atoms with Crippen molar-refractivity contribution in [1.29, 1.82) is 0 Å². The second-order valence-electron chi connectivity index (χ2n) is 4.41. The van der Waals surface area contributed by atoms with E-state index in [4.69, 9.17) is 21.1 Å². The fraction of sp³-hybridized carbons (Fsp3) is 0.214. The van der Waals surface area contributed by atoms with E-state index in [1.807, 2.05) is 19.1 Å². The summed E-state index contributed by atoms with van der Waals surface area (Å²) >= 11 is 7.36. The van der Waals surface area contributed by atoms with Gasteiger partial charge in [-0.25, -0.2) is 0 Å². The Hall–Kier alpha value is -1.72.